The molecule has 4 nitrogen and oxygen atoms in total. The first-order chi connectivity index (χ1) is 12.5. The van der Waals surface area contributed by atoms with Crippen LogP contribution >= 0.6 is 0 Å². The third-order valence-corrected chi connectivity index (χ3v) is 1.88. The summed E-state index contributed by atoms with van der Waals surface area (Å²) in [6.07, 6.45) is 7.89. The first-order valence-electron chi connectivity index (χ1n) is 10.4. The quantitative estimate of drug-likeness (QED) is 0.298. The molecule has 1 unspecified atom stereocenters. The largest absolute Gasteiger partial charge is 0.322 e. The number of carbonyl (C=O) groups is 2. The Labute approximate surface area is 171 Å². The van der Waals surface area contributed by atoms with Crippen molar-refractivity contribution in [1.29, 1.82) is 0 Å². The van der Waals surface area contributed by atoms with Crippen LogP contribution in [0.15, 0.2) is 12.7 Å². The molecule has 0 radical (unpaired) electrons. The van der Waals surface area contributed by atoms with Crippen LogP contribution in [0.25, 0.3) is 0 Å². The summed E-state index contributed by atoms with van der Waals surface area (Å²) in [5, 5.41) is 3.09. The van der Waals surface area contributed by atoms with Crippen LogP contribution in [0.3, 0.4) is 0 Å². The maximum Gasteiger partial charge on any atom is 0.136 e. The Balaban J connectivity index is -0.0000000799. The van der Waals surface area contributed by atoms with Crippen LogP contribution in [0.5, 0.6) is 0 Å². The van der Waals surface area contributed by atoms with Crippen LogP contribution < -0.4 is 11.1 Å². The number of rotatable bonds is 9. The second kappa shape index (κ2) is 32.7. The average molecular weight is 389 g/mol. The van der Waals surface area contributed by atoms with Crippen molar-refractivity contribution < 1.29 is 9.59 Å². The van der Waals surface area contributed by atoms with Crippen molar-refractivity contribution in [2.45, 2.75) is 100 Å². The molecule has 0 fully saturated rings. The summed E-state index contributed by atoms with van der Waals surface area (Å²) < 4.78 is 0. The van der Waals surface area contributed by atoms with E-state index in [1.54, 1.807) is 0 Å². The maximum absolute atomic E-state index is 9.77. The van der Waals surface area contributed by atoms with Crippen LogP contribution in [0.2, 0.25) is 0 Å². The van der Waals surface area contributed by atoms with Gasteiger partial charge in [-0.1, -0.05) is 68.4 Å². The van der Waals surface area contributed by atoms with Crippen molar-refractivity contribution in [3.05, 3.63) is 12.7 Å². The summed E-state index contributed by atoms with van der Waals surface area (Å²) in [7, 11) is 1.98. The maximum atomic E-state index is 9.77. The first-order valence-corrected chi connectivity index (χ1v) is 10.4. The molecule has 0 aromatic heterocycles. The van der Waals surface area contributed by atoms with Crippen LogP contribution in [0, 0.1) is 11.3 Å². The molecule has 0 aliphatic rings. The van der Waals surface area contributed by atoms with Gasteiger partial charge in [0.15, 0.2) is 0 Å². The molecule has 4 heteroatoms. The Bertz CT molecular complexity index is 263. The Morgan fingerprint density at radius 2 is 1.41 bits per heavy atom. The number of hydrogen-bond acceptors (Lipinski definition) is 4. The Kier molecular flexibility index (Phi) is 44.6. The van der Waals surface area contributed by atoms with Gasteiger partial charge in [-0.3, -0.25) is 0 Å². The summed E-state index contributed by atoms with van der Waals surface area (Å²) in [4.78, 5) is 19.4. The molecule has 0 saturated heterocycles. The van der Waals surface area contributed by atoms with E-state index in [9.17, 15) is 9.59 Å². The molecule has 0 aliphatic heterocycles. The fraction of sp³-hybridized carbons (Fsp3) is 0.826. The van der Waals surface area contributed by atoms with E-state index in [-0.39, 0.29) is 0 Å². The first kappa shape index (κ1) is 36.8. The number of carbonyl (C=O) groups excluding carboxylic acids is 2. The molecule has 166 valence electrons. The van der Waals surface area contributed by atoms with Gasteiger partial charge < -0.3 is 20.6 Å². The molecular formula is C23H52N2O2. The molecule has 0 aromatic rings. The second-order valence-electron chi connectivity index (χ2n) is 8.16. The van der Waals surface area contributed by atoms with Crippen molar-refractivity contribution in [2.75, 3.05) is 13.6 Å². The number of hydrogen-bond donors (Lipinski definition) is 2. The van der Waals surface area contributed by atoms with E-state index in [1.807, 2.05) is 27.0 Å². The third-order valence-electron chi connectivity index (χ3n) is 1.88. The lowest BCUT2D eigenvalue weighted by atomic mass is 10.0. The van der Waals surface area contributed by atoms with Gasteiger partial charge in [-0.15, -0.1) is 6.58 Å². The van der Waals surface area contributed by atoms with Crippen molar-refractivity contribution in [3.63, 3.8) is 0 Å². The molecule has 0 spiro atoms. The van der Waals surface area contributed by atoms with Gasteiger partial charge in [0, 0.05) is 6.42 Å². The second-order valence-corrected chi connectivity index (χ2v) is 8.16. The van der Waals surface area contributed by atoms with E-state index in [1.165, 1.54) is 12.8 Å². The topological polar surface area (TPSA) is 72.2 Å². The van der Waals surface area contributed by atoms with Crippen LogP contribution in [0.1, 0.15) is 94.4 Å². The summed E-state index contributed by atoms with van der Waals surface area (Å²) in [5.74, 6) is 0.833. The van der Waals surface area contributed by atoms with E-state index >= 15 is 0 Å². The fourth-order valence-corrected chi connectivity index (χ4v) is 0.919. The molecular weight excluding hydrogens is 336 g/mol. The van der Waals surface area contributed by atoms with E-state index in [2.05, 4.69) is 60.4 Å². The zero-order valence-corrected chi connectivity index (χ0v) is 20.2. The molecule has 0 bridgehead atoms. The number of allylic oxidation sites excluding steroid dienone is 1. The molecule has 3 N–H and O–H groups in total. The highest BCUT2D eigenvalue weighted by molar-refractivity contribution is 5.58. The van der Waals surface area contributed by atoms with Gasteiger partial charge in [-0.2, -0.15) is 0 Å². The normalized spacial score (nSPS) is 10.2. The Morgan fingerprint density at radius 3 is 1.67 bits per heavy atom. The predicted molar refractivity (Wildman–Crippen MR) is 124 cm³/mol. The molecule has 0 saturated carbocycles. The average Bonchev–Trinajstić information content (AvgIpc) is 2.57. The van der Waals surface area contributed by atoms with Gasteiger partial charge in [0.2, 0.25) is 0 Å². The predicted octanol–water partition coefficient (Wildman–Crippen LogP) is 5.79. The highest BCUT2D eigenvalue weighted by Crippen LogP contribution is 2.08. The zero-order chi connectivity index (χ0) is 22.7. The Hall–Kier alpha value is -1.00. The summed E-state index contributed by atoms with van der Waals surface area (Å²) in [5.41, 5.74) is 5.63. The molecule has 0 amide bonds. The van der Waals surface area contributed by atoms with Crippen LogP contribution in [-0.4, -0.2) is 32.2 Å². The third kappa shape index (κ3) is 132. The van der Waals surface area contributed by atoms with E-state index in [0.29, 0.717) is 24.5 Å². The molecule has 0 aliphatic carbocycles. The minimum absolute atomic E-state index is 0.375. The smallest absolute Gasteiger partial charge is 0.136 e. The van der Waals surface area contributed by atoms with Gasteiger partial charge in [-0.05, 0) is 50.6 Å². The fourth-order valence-electron chi connectivity index (χ4n) is 0.919. The van der Waals surface area contributed by atoms with E-state index < -0.39 is 6.04 Å². The van der Waals surface area contributed by atoms with Crippen molar-refractivity contribution >= 4 is 12.6 Å². The summed E-state index contributed by atoms with van der Waals surface area (Å²) >= 11 is 0. The monoisotopic (exact) mass is 388 g/mol. The minimum Gasteiger partial charge on any atom is -0.322 e. The standard InChI is InChI=1S/C7H15N.C5H9NO2.C5H12.C4H10.C2H6/c1-3-4-5-6-7-8-2;6-5(4-8)2-1-3-7;1-5(2,3)4;1-4(2)3;1-2/h3,8H,1,4-7H2,2H3;3-5H,1-2,6H2;1-4H3;4H,1-3H3;1-2H3. The molecule has 27 heavy (non-hydrogen) atoms. The van der Waals surface area contributed by atoms with Crippen molar-refractivity contribution in [2.24, 2.45) is 17.1 Å². The summed E-state index contributed by atoms with van der Waals surface area (Å²) in [6, 6.07) is -0.458. The SMILES string of the molecule is C=CCCCCNC.CC.CC(C)(C)C.CC(C)C.NC(C=O)CCC=O. The summed E-state index contributed by atoms with van der Waals surface area (Å²) in [6.45, 7) is 24.0. The van der Waals surface area contributed by atoms with Gasteiger partial charge in [-0.25, -0.2) is 0 Å². The molecule has 0 heterocycles. The number of aldehydes is 2. The van der Waals surface area contributed by atoms with Crippen LogP contribution in [-0.2, 0) is 9.59 Å². The number of nitrogens with two attached hydrogens (primary N) is 1. The highest BCUT2D eigenvalue weighted by atomic mass is 16.1. The van der Waals surface area contributed by atoms with Gasteiger partial charge >= 0.3 is 0 Å². The lowest BCUT2D eigenvalue weighted by molar-refractivity contribution is -0.109. The number of unbranched alkanes of at least 4 members (excludes halogenated alkanes) is 2. The lowest BCUT2D eigenvalue weighted by Crippen LogP contribution is -2.20. The highest BCUT2D eigenvalue weighted by Gasteiger charge is 1.96. The van der Waals surface area contributed by atoms with Gasteiger partial charge in [0.05, 0.1) is 6.04 Å². The molecule has 0 aromatic carbocycles. The van der Waals surface area contributed by atoms with Crippen molar-refractivity contribution in [3.8, 4) is 0 Å². The van der Waals surface area contributed by atoms with Gasteiger partial charge in [0.1, 0.15) is 12.6 Å². The number of nitrogens with one attached hydrogen (secondary N) is 1. The minimum atomic E-state index is -0.458. The lowest BCUT2D eigenvalue weighted by Gasteiger charge is -2.05. The molecule has 1 atom stereocenters. The van der Waals surface area contributed by atoms with Gasteiger partial charge in [0.25, 0.3) is 0 Å². The van der Waals surface area contributed by atoms with E-state index in [0.717, 1.165) is 25.2 Å². The molecule has 0 rings (SSSR count). The van der Waals surface area contributed by atoms with E-state index in [4.69, 9.17) is 5.73 Å². The zero-order valence-electron chi connectivity index (χ0n) is 20.2. The Morgan fingerprint density at radius 1 is 1.00 bits per heavy atom. The van der Waals surface area contributed by atoms with Crippen LogP contribution in [0.4, 0.5) is 0 Å². The van der Waals surface area contributed by atoms with Crippen molar-refractivity contribution in [1.82, 2.24) is 5.32 Å².